The van der Waals surface area contributed by atoms with Crippen molar-refractivity contribution in [3.8, 4) is 0 Å². The predicted octanol–water partition coefficient (Wildman–Crippen LogP) is 3.76. The summed E-state index contributed by atoms with van der Waals surface area (Å²) in [7, 11) is 0. The largest absolute Gasteiger partial charge is 0.464 e. The highest BCUT2D eigenvalue weighted by atomic mass is 16.5. The smallest absolute Gasteiger partial charge is 0.437 e. The lowest BCUT2D eigenvalue weighted by Gasteiger charge is -2.20. The van der Waals surface area contributed by atoms with Gasteiger partial charge in [-0.25, -0.2) is 4.79 Å². The van der Waals surface area contributed by atoms with Crippen LogP contribution in [-0.4, -0.2) is 91.8 Å². The number of ether oxygens (including phenoxy) is 3. The van der Waals surface area contributed by atoms with Gasteiger partial charge in [0.25, 0.3) is 0 Å². The van der Waals surface area contributed by atoms with Crippen LogP contribution in [0.5, 0.6) is 0 Å². The molecule has 0 aliphatic carbocycles. The van der Waals surface area contributed by atoms with E-state index in [4.69, 9.17) is 27.8 Å². The summed E-state index contributed by atoms with van der Waals surface area (Å²) in [5.41, 5.74) is 0.702. The highest BCUT2D eigenvalue weighted by molar-refractivity contribution is 6.01. The molecule has 46 heavy (non-hydrogen) atoms. The number of rotatable bonds is 2. The van der Waals surface area contributed by atoms with Crippen molar-refractivity contribution in [3.63, 3.8) is 0 Å². The summed E-state index contributed by atoms with van der Waals surface area (Å²) in [5, 5.41) is 12.1. The van der Waals surface area contributed by atoms with Gasteiger partial charge in [0.05, 0.1) is 13.2 Å². The van der Waals surface area contributed by atoms with E-state index in [1.165, 1.54) is 0 Å². The standard InChI is InChI=1S/C19H23N3O5.C11H19N3O3.2CH4/c1-22-13-17(24)26-12-8-3-2-7-11-16(23)20-18(22)21-19(25)27-14-15-9-5-4-6-10-15;1-14-8-10(16)17-7-5-3-2-4-6-9(15)13-11(14)12;;/h2-6,9-10H,7-8,11-14H2,1H3,(H,20,21,23,25);2-8H2,1H3,(H2,12,13,15);2*1H4/b3-2+;;;/i2*1D3;;. The molecule has 3 amide bonds. The molecule has 0 unspecified atom stereocenters. The van der Waals surface area contributed by atoms with E-state index in [2.05, 4.69) is 15.6 Å². The summed E-state index contributed by atoms with van der Waals surface area (Å²) >= 11 is 0. The Kier molecular flexibility index (Phi) is 16.0. The van der Waals surface area contributed by atoms with E-state index >= 15 is 0 Å². The van der Waals surface area contributed by atoms with Gasteiger partial charge < -0.3 is 24.0 Å². The number of cyclic esters (lactones) is 2. The third-order valence-corrected chi connectivity index (χ3v) is 5.82. The molecule has 1 saturated heterocycles. The Morgan fingerprint density at radius 3 is 2.22 bits per heavy atom. The average Bonchev–Trinajstić information content (AvgIpc) is 3.05. The van der Waals surface area contributed by atoms with Gasteiger partial charge in [0, 0.05) is 35.0 Å². The van der Waals surface area contributed by atoms with Gasteiger partial charge >= 0.3 is 18.0 Å². The summed E-state index contributed by atoms with van der Waals surface area (Å²) < 4.78 is 59.9. The van der Waals surface area contributed by atoms with E-state index in [-0.39, 0.29) is 47.5 Å². The number of hydrogen-bond acceptors (Lipinski definition) is 9. The minimum Gasteiger partial charge on any atom is -0.464 e. The van der Waals surface area contributed by atoms with Crippen molar-refractivity contribution in [1.82, 2.24) is 20.4 Å². The quantitative estimate of drug-likeness (QED) is 0.242. The Labute approximate surface area is 280 Å². The highest BCUT2D eigenvalue weighted by Crippen LogP contribution is 2.05. The number of likely N-dealkylation sites (N-methyl/N-ethyl adjacent to an activating group) is 2. The molecular formula is C32H50N6O8. The maximum atomic E-state index is 12.2. The zero-order valence-electron chi connectivity index (χ0n) is 30.3. The van der Waals surface area contributed by atoms with Gasteiger partial charge in [0.15, 0.2) is 5.96 Å². The van der Waals surface area contributed by atoms with Crippen LogP contribution in [-0.2, 0) is 40.0 Å². The van der Waals surface area contributed by atoms with Crippen LogP contribution in [0.2, 0.25) is 0 Å². The number of carbonyl (C=O) groups is 5. The van der Waals surface area contributed by atoms with Gasteiger partial charge in [-0.15, -0.1) is 4.99 Å². The molecule has 1 aromatic carbocycles. The molecule has 3 rings (SSSR count). The molecule has 3 N–H and O–H groups in total. The Hall–Kier alpha value is -4.75. The number of esters is 2. The fourth-order valence-corrected chi connectivity index (χ4v) is 3.56. The molecule has 256 valence electrons. The van der Waals surface area contributed by atoms with Gasteiger partial charge in [-0.2, -0.15) is 0 Å². The highest BCUT2D eigenvalue weighted by Gasteiger charge is 2.18. The number of hydrogen-bond donors (Lipinski definition) is 3. The van der Waals surface area contributed by atoms with Crippen molar-refractivity contribution < 1.29 is 46.4 Å². The normalized spacial score (nSPS) is 21.4. The lowest BCUT2D eigenvalue weighted by Crippen LogP contribution is -2.45. The Morgan fingerprint density at radius 2 is 1.50 bits per heavy atom. The molecule has 0 saturated carbocycles. The summed E-state index contributed by atoms with van der Waals surface area (Å²) in [6.45, 7) is -6.68. The van der Waals surface area contributed by atoms with Gasteiger partial charge in [-0.1, -0.05) is 70.2 Å². The molecule has 2 aliphatic rings. The molecule has 0 bridgehead atoms. The number of allylic oxidation sites excluding steroid dienone is 1. The Morgan fingerprint density at radius 1 is 0.870 bits per heavy atom. The molecular weight excluding hydrogens is 596 g/mol. The van der Waals surface area contributed by atoms with E-state index in [0.29, 0.717) is 41.0 Å². The number of benzene rings is 1. The topological polar surface area (TPSA) is 180 Å². The maximum Gasteiger partial charge on any atom is 0.437 e. The monoisotopic (exact) mass is 652 g/mol. The third-order valence-electron chi connectivity index (χ3n) is 5.82. The number of nitrogens with one attached hydrogen (secondary N) is 3. The van der Waals surface area contributed by atoms with Crippen LogP contribution in [0.3, 0.4) is 0 Å². The van der Waals surface area contributed by atoms with Crippen LogP contribution in [0.4, 0.5) is 4.79 Å². The first-order valence-corrected chi connectivity index (χ1v) is 14.1. The van der Waals surface area contributed by atoms with E-state index in [9.17, 15) is 24.0 Å². The molecule has 1 fully saturated rings. The zero-order valence-corrected chi connectivity index (χ0v) is 24.3. The summed E-state index contributed by atoms with van der Waals surface area (Å²) in [6, 6.07) is 8.80. The maximum absolute atomic E-state index is 12.2. The number of nitrogens with zero attached hydrogens (tertiary/aromatic N) is 3. The third kappa shape index (κ3) is 18.1. The lowest BCUT2D eigenvalue weighted by atomic mass is 10.1. The van der Waals surface area contributed by atoms with Crippen LogP contribution < -0.4 is 10.6 Å². The fourth-order valence-electron chi connectivity index (χ4n) is 3.56. The number of amides is 3. The van der Waals surface area contributed by atoms with Gasteiger partial charge in [-0.3, -0.25) is 35.2 Å². The fraction of sp³-hybridized carbons (Fsp3) is 0.531. The minimum absolute atomic E-state index is 0. The molecule has 2 heterocycles. The van der Waals surface area contributed by atoms with Crippen molar-refractivity contribution in [2.24, 2.45) is 4.99 Å². The van der Waals surface area contributed by atoms with Gasteiger partial charge in [0.1, 0.15) is 19.7 Å². The Bertz CT molecular complexity index is 1390. The second-order valence-electron chi connectivity index (χ2n) is 9.50. The number of guanidine groups is 2. The van der Waals surface area contributed by atoms with E-state index in [1.54, 1.807) is 42.5 Å². The van der Waals surface area contributed by atoms with Crippen molar-refractivity contribution in [2.75, 3.05) is 40.3 Å². The van der Waals surface area contributed by atoms with Crippen molar-refractivity contribution >= 4 is 41.8 Å². The van der Waals surface area contributed by atoms with Gasteiger partial charge in [-0.05, 0) is 31.2 Å². The summed E-state index contributed by atoms with van der Waals surface area (Å²) in [4.78, 5) is 64.2. The van der Waals surface area contributed by atoms with Crippen LogP contribution in [0.25, 0.3) is 0 Å². The lowest BCUT2D eigenvalue weighted by molar-refractivity contribution is -0.144. The van der Waals surface area contributed by atoms with Crippen molar-refractivity contribution in [3.05, 3.63) is 48.0 Å². The first kappa shape index (κ1) is 31.2. The molecule has 0 radical (unpaired) electrons. The van der Waals surface area contributed by atoms with E-state index in [1.807, 2.05) is 0 Å². The molecule has 0 atom stereocenters. The molecule has 14 heteroatoms. The summed E-state index contributed by atoms with van der Waals surface area (Å²) in [6.07, 6.45) is 6.48. The SMILES string of the molecule is C.C.[2H]C([2H])([2H])N1CC(=O)OCC/C=C/CCC(=O)NC1=NC(=O)OCc1ccccc1.[2H]C([2H])([2H])N1CC(=O)OCCCCCCC(=O)NC1=N. The van der Waals surface area contributed by atoms with Crippen molar-refractivity contribution in [2.45, 2.75) is 72.8 Å². The van der Waals surface area contributed by atoms with Crippen LogP contribution in [0.15, 0.2) is 47.5 Å². The molecule has 14 nitrogen and oxygen atoms in total. The minimum atomic E-state index is -2.87. The van der Waals surface area contributed by atoms with Crippen LogP contribution >= 0.6 is 0 Å². The molecule has 2 aliphatic heterocycles. The van der Waals surface area contributed by atoms with Crippen molar-refractivity contribution in [1.29, 1.82) is 5.41 Å². The molecule has 0 spiro atoms. The molecule has 1 aromatic rings. The second kappa shape index (κ2) is 23.6. The Balaban J connectivity index is 0.00000104. The predicted molar refractivity (Wildman–Crippen MR) is 175 cm³/mol. The summed E-state index contributed by atoms with van der Waals surface area (Å²) in [5.74, 6) is -3.74. The second-order valence-corrected chi connectivity index (χ2v) is 9.50. The first-order valence-electron chi connectivity index (χ1n) is 17.1. The number of carbonyl (C=O) groups excluding carboxylic acids is 5. The number of aliphatic imine (C=N–C) groups is 1. The van der Waals surface area contributed by atoms with E-state index < -0.39 is 68.8 Å². The van der Waals surface area contributed by atoms with Crippen LogP contribution in [0.1, 0.15) is 80.0 Å². The van der Waals surface area contributed by atoms with Gasteiger partial charge in [0.2, 0.25) is 17.8 Å². The first-order chi connectivity index (χ1) is 23.6. The average molecular weight is 653 g/mol. The molecule has 0 aromatic heterocycles. The van der Waals surface area contributed by atoms with E-state index in [0.717, 1.165) is 12.8 Å². The zero-order chi connectivity index (χ0) is 37.2. The van der Waals surface area contributed by atoms with Crippen LogP contribution in [0, 0.1) is 5.41 Å².